The highest BCUT2D eigenvalue weighted by molar-refractivity contribution is 5.21. The van der Waals surface area contributed by atoms with Gasteiger partial charge in [0, 0.05) is 13.0 Å². The third-order valence-electron chi connectivity index (χ3n) is 3.48. The van der Waals surface area contributed by atoms with Gasteiger partial charge in [0.2, 0.25) is 0 Å². The van der Waals surface area contributed by atoms with Gasteiger partial charge in [-0.25, -0.2) is 0 Å². The minimum atomic E-state index is -0.437. The summed E-state index contributed by atoms with van der Waals surface area (Å²) in [5.41, 5.74) is -0.218. The van der Waals surface area contributed by atoms with Gasteiger partial charge < -0.3 is 14.6 Å². The third kappa shape index (κ3) is 1.02. The summed E-state index contributed by atoms with van der Waals surface area (Å²) in [6, 6.07) is 0. The molecule has 4 heteroatoms. The maximum absolute atomic E-state index is 9.47. The molecule has 0 saturated carbocycles. The summed E-state index contributed by atoms with van der Waals surface area (Å²) < 4.78 is 11.3. The maximum atomic E-state index is 9.47. The summed E-state index contributed by atoms with van der Waals surface area (Å²) in [5, 5.41) is 9.47. The molecule has 2 saturated heterocycles. The SMILES string of the molecule is OC[C@]12C=CCN1CC1(C2)OCCO1. The zero-order chi connectivity index (χ0) is 9.65. The fourth-order valence-electron chi connectivity index (χ4n) is 2.79. The first kappa shape index (κ1) is 8.85. The van der Waals surface area contributed by atoms with Crippen LogP contribution in [-0.4, -0.2) is 54.2 Å². The van der Waals surface area contributed by atoms with E-state index in [9.17, 15) is 5.11 Å². The average molecular weight is 197 g/mol. The van der Waals surface area contributed by atoms with Crippen LogP contribution >= 0.6 is 0 Å². The number of fused-ring (bicyclic) bond motifs is 1. The second-order valence-electron chi connectivity index (χ2n) is 4.33. The van der Waals surface area contributed by atoms with E-state index in [1.54, 1.807) is 0 Å². The fraction of sp³-hybridized carbons (Fsp3) is 0.800. The van der Waals surface area contributed by atoms with Crippen LogP contribution in [0.1, 0.15) is 6.42 Å². The minimum absolute atomic E-state index is 0.151. The van der Waals surface area contributed by atoms with E-state index >= 15 is 0 Å². The number of hydrogen-bond donors (Lipinski definition) is 1. The molecule has 2 fully saturated rings. The van der Waals surface area contributed by atoms with Gasteiger partial charge in [-0.3, -0.25) is 4.90 Å². The molecular weight excluding hydrogens is 182 g/mol. The van der Waals surface area contributed by atoms with Crippen molar-refractivity contribution in [2.45, 2.75) is 17.7 Å². The van der Waals surface area contributed by atoms with Gasteiger partial charge in [0.1, 0.15) is 0 Å². The lowest BCUT2D eigenvalue weighted by molar-refractivity contribution is -0.146. The van der Waals surface area contributed by atoms with E-state index in [0.29, 0.717) is 13.2 Å². The van der Waals surface area contributed by atoms with Crippen molar-refractivity contribution in [3.05, 3.63) is 12.2 Å². The van der Waals surface area contributed by atoms with Gasteiger partial charge in [-0.2, -0.15) is 0 Å². The Kier molecular flexibility index (Phi) is 1.77. The number of hydrogen-bond acceptors (Lipinski definition) is 4. The topological polar surface area (TPSA) is 41.9 Å². The number of aliphatic hydroxyl groups is 1. The Morgan fingerprint density at radius 2 is 2.14 bits per heavy atom. The first-order valence-electron chi connectivity index (χ1n) is 5.10. The molecule has 0 aromatic rings. The van der Waals surface area contributed by atoms with Crippen molar-refractivity contribution in [2.75, 3.05) is 32.9 Å². The quantitative estimate of drug-likeness (QED) is 0.588. The van der Waals surface area contributed by atoms with Crippen molar-refractivity contribution in [3.8, 4) is 0 Å². The average Bonchev–Trinajstić information content (AvgIpc) is 2.81. The van der Waals surface area contributed by atoms with Crippen LogP contribution in [0.2, 0.25) is 0 Å². The Hall–Kier alpha value is -0.420. The molecule has 0 aliphatic carbocycles. The maximum Gasteiger partial charge on any atom is 0.183 e. The molecule has 4 nitrogen and oxygen atoms in total. The van der Waals surface area contributed by atoms with Crippen LogP contribution in [-0.2, 0) is 9.47 Å². The second kappa shape index (κ2) is 2.79. The largest absolute Gasteiger partial charge is 0.394 e. The van der Waals surface area contributed by atoms with Crippen LogP contribution in [0.15, 0.2) is 12.2 Å². The first-order chi connectivity index (χ1) is 6.79. The van der Waals surface area contributed by atoms with E-state index in [-0.39, 0.29) is 12.1 Å². The Bertz CT molecular complexity index is 273. The molecule has 1 N–H and O–H groups in total. The van der Waals surface area contributed by atoms with Gasteiger partial charge in [0.25, 0.3) is 0 Å². The number of nitrogens with zero attached hydrogens (tertiary/aromatic N) is 1. The van der Waals surface area contributed by atoms with Crippen molar-refractivity contribution >= 4 is 0 Å². The lowest BCUT2D eigenvalue weighted by Crippen LogP contribution is -2.41. The normalized spacial score (nSPS) is 39.8. The van der Waals surface area contributed by atoms with Crippen LogP contribution < -0.4 is 0 Å². The summed E-state index contributed by atoms with van der Waals surface area (Å²) in [4.78, 5) is 2.23. The third-order valence-corrected chi connectivity index (χ3v) is 3.48. The van der Waals surface area contributed by atoms with E-state index in [1.165, 1.54) is 0 Å². The van der Waals surface area contributed by atoms with Crippen LogP contribution in [0.4, 0.5) is 0 Å². The molecule has 3 heterocycles. The first-order valence-corrected chi connectivity index (χ1v) is 5.10. The van der Waals surface area contributed by atoms with Crippen molar-refractivity contribution in [1.29, 1.82) is 0 Å². The molecule has 1 atom stereocenters. The monoisotopic (exact) mass is 197 g/mol. The summed E-state index contributed by atoms with van der Waals surface area (Å²) in [6.45, 7) is 3.19. The van der Waals surface area contributed by atoms with E-state index in [4.69, 9.17) is 9.47 Å². The fourth-order valence-corrected chi connectivity index (χ4v) is 2.79. The van der Waals surface area contributed by atoms with Crippen LogP contribution in [0.25, 0.3) is 0 Å². The predicted molar refractivity (Wildman–Crippen MR) is 49.8 cm³/mol. The molecule has 3 rings (SSSR count). The molecule has 0 unspecified atom stereocenters. The van der Waals surface area contributed by atoms with Crippen molar-refractivity contribution in [1.82, 2.24) is 4.90 Å². The second-order valence-corrected chi connectivity index (χ2v) is 4.33. The molecule has 0 aromatic carbocycles. The van der Waals surface area contributed by atoms with Gasteiger partial charge in [-0.1, -0.05) is 12.2 Å². The summed E-state index contributed by atoms with van der Waals surface area (Å²) in [5.74, 6) is -0.437. The van der Waals surface area contributed by atoms with E-state index in [1.807, 2.05) is 0 Å². The number of rotatable bonds is 1. The van der Waals surface area contributed by atoms with Gasteiger partial charge in [0.05, 0.1) is 31.9 Å². The van der Waals surface area contributed by atoms with Gasteiger partial charge in [-0.05, 0) is 0 Å². The van der Waals surface area contributed by atoms with Crippen molar-refractivity contribution in [3.63, 3.8) is 0 Å². The zero-order valence-corrected chi connectivity index (χ0v) is 8.11. The van der Waals surface area contributed by atoms with E-state index in [0.717, 1.165) is 19.5 Å². The Morgan fingerprint density at radius 1 is 1.36 bits per heavy atom. The molecule has 0 radical (unpaired) electrons. The Balaban J connectivity index is 1.88. The Morgan fingerprint density at radius 3 is 2.79 bits per heavy atom. The van der Waals surface area contributed by atoms with Crippen LogP contribution in [0, 0.1) is 0 Å². The molecular formula is C10H15NO3. The molecule has 0 amide bonds. The minimum Gasteiger partial charge on any atom is -0.394 e. The smallest absolute Gasteiger partial charge is 0.183 e. The van der Waals surface area contributed by atoms with E-state index in [2.05, 4.69) is 17.1 Å². The lowest BCUT2D eigenvalue weighted by Gasteiger charge is -2.27. The summed E-state index contributed by atoms with van der Waals surface area (Å²) in [6.07, 6.45) is 4.96. The lowest BCUT2D eigenvalue weighted by atomic mass is 9.97. The van der Waals surface area contributed by atoms with Gasteiger partial charge >= 0.3 is 0 Å². The van der Waals surface area contributed by atoms with Gasteiger partial charge in [0.15, 0.2) is 5.79 Å². The highest BCUT2D eigenvalue weighted by Gasteiger charge is 2.56. The molecule has 3 aliphatic heterocycles. The summed E-state index contributed by atoms with van der Waals surface area (Å²) in [7, 11) is 0. The molecule has 3 aliphatic rings. The predicted octanol–water partition coefficient (Wildman–Crippen LogP) is -0.264. The number of ether oxygens (including phenoxy) is 2. The number of aliphatic hydroxyl groups excluding tert-OH is 1. The Labute approximate surface area is 83.1 Å². The van der Waals surface area contributed by atoms with Crippen molar-refractivity contribution in [2.24, 2.45) is 0 Å². The molecule has 14 heavy (non-hydrogen) atoms. The van der Waals surface area contributed by atoms with Crippen LogP contribution in [0.3, 0.4) is 0 Å². The molecule has 78 valence electrons. The van der Waals surface area contributed by atoms with Gasteiger partial charge in [-0.15, -0.1) is 0 Å². The highest BCUT2D eigenvalue weighted by Crippen LogP contribution is 2.43. The summed E-state index contributed by atoms with van der Waals surface area (Å²) >= 11 is 0. The molecule has 0 aromatic heterocycles. The molecule has 1 spiro atoms. The van der Waals surface area contributed by atoms with Crippen LogP contribution in [0.5, 0.6) is 0 Å². The van der Waals surface area contributed by atoms with Crippen molar-refractivity contribution < 1.29 is 14.6 Å². The zero-order valence-electron chi connectivity index (χ0n) is 8.11. The van der Waals surface area contributed by atoms with E-state index < -0.39 is 5.79 Å². The molecule has 0 bridgehead atoms. The highest BCUT2D eigenvalue weighted by atomic mass is 16.7. The standard InChI is InChI=1S/C10H15NO3/c12-8-9-2-1-3-11(9)7-10(6-9)13-4-5-14-10/h1-2,12H,3-8H2/t9-/m1/s1.